The molecule has 2 aromatic carbocycles. The second kappa shape index (κ2) is 6.51. The van der Waals surface area contributed by atoms with Gasteiger partial charge in [-0.25, -0.2) is 0 Å². The van der Waals surface area contributed by atoms with Crippen molar-refractivity contribution in [3.05, 3.63) is 57.2 Å². The van der Waals surface area contributed by atoms with E-state index >= 15 is 0 Å². The molecule has 1 N–H and O–H groups in total. The number of ether oxygens (including phenoxy) is 1. The molecule has 0 saturated heterocycles. The Kier molecular flexibility index (Phi) is 4.37. The normalized spacial score (nSPS) is 14.8. The van der Waals surface area contributed by atoms with E-state index in [9.17, 15) is 4.79 Å². The topological polar surface area (TPSA) is 50.1 Å². The van der Waals surface area contributed by atoms with Gasteiger partial charge in [0, 0.05) is 16.7 Å². The predicted octanol–water partition coefficient (Wildman–Crippen LogP) is 5.53. The number of nitrogens with one attached hydrogen (secondary N) is 1. The highest BCUT2D eigenvalue weighted by atomic mass is 16.5. The Morgan fingerprint density at radius 2 is 1.89 bits per heavy atom. The number of allylic oxidation sites excluding steroid dienone is 1. The first-order valence-corrected chi connectivity index (χ1v) is 10.1. The first kappa shape index (κ1) is 18.8. The summed E-state index contributed by atoms with van der Waals surface area (Å²) in [6.45, 7) is 8.85. The molecule has 28 heavy (non-hydrogen) atoms. The fourth-order valence-corrected chi connectivity index (χ4v) is 4.61. The number of hydrogen-bond acceptors (Lipinski definition) is 2. The molecule has 3 nitrogen and oxygen atoms in total. The molecule has 0 spiro atoms. The van der Waals surface area contributed by atoms with Crippen LogP contribution in [0, 0.1) is 0 Å². The van der Waals surface area contributed by atoms with Crippen LogP contribution in [0.25, 0.3) is 17.2 Å². The van der Waals surface area contributed by atoms with Crippen molar-refractivity contribution in [2.75, 3.05) is 7.11 Å². The average Bonchev–Trinajstić information content (AvgIpc) is 3.18. The Morgan fingerprint density at radius 1 is 1.14 bits per heavy atom. The molecule has 145 valence electrons. The molecule has 0 fully saturated rings. The summed E-state index contributed by atoms with van der Waals surface area (Å²) in [6, 6.07) is 6.44. The molecule has 2 aliphatic carbocycles. The highest BCUT2D eigenvalue weighted by Gasteiger charge is 2.30. The van der Waals surface area contributed by atoms with Gasteiger partial charge >= 0.3 is 0 Å². The van der Waals surface area contributed by atoms with Crippen molar-refractivity contribution in [1.29, 1.82) is 0 Å². The quantitative estimate of drug-likeness (QED) is 0.706. The summed E-state index contributed by atoms with van der Waals surface area (Å²) in [5.41, 5.74) is 17.8. The maximum atomic E-state index is 12.3. The second-order valence-corrected chi connectivity index (χ2v) is 8.97. The number of fused-ring (bicyclic) bond motifs is 3. The molecule has 3 heteroatoms. The van der Waals surface area contributed by atoms with E-state index in [0.29, 0.717) is 5.56 Å². The summed E-state index contributed by atoms with van der Waals surface area (Å²) < 4.78 is 5.71. The maximum Gasteiger partial charge on any atom is 0.270 e. The predicted molar refractivity (Wildman–Crippen MR) is 114 cm³/mol. The van der Waals surface area contributed by atoms with Crippen molar-refractivity contribution >= 4 is 12.0 Å². The lowest BCUT2D eigenvalue weighted by Crippen LogP contribution is -2.13. The van der Waals surface area contributed by atoms with Crippen LogP contribution in [0.4, 0.5) is 0 Å². The van der Waals surface area contributed by atoms with Crippen LogP contribution in [0.3, 0.4) is 0 Å². The van der Waals surface area contributed by atoms with E-state index in [0.717, 1.165) is 53.7 Å². The van der Waals surface area contributed by atoms with Gasteiger partial charge < -0.3 is 4.74 Å². The van der Waals surface area contributed by atoms with E-state index in [-0.39, 0.29) is 5.41 Å². The fourth-order valence-electron chi connectivity index (χ4n) is 4.61. The number of methoxy groups -OCH3 is 1. The molecule has 0 atom stereocenters. The van der Waals surface area contributed by atoms with Crippen LogP contribution in [-0.2, 0) is 24.7 Å². The van der Waals surface area contributed by atoms with E-state index in [1.165, 1.54) is 22.3 Å². The van der Waals surface area contributed by atoms with Crippen LogP contribution in [0.2, 0.25) is 0 Å². The second-order valence-electron chi connectivity index (χ2n) is 8.97. The zero-order chi connectivity index (χ0) is 20.2. The molecule has 1 radical (unpaired) electrons. The van der Waals surface area contributed by atoms with E-state index in [1.54, 1.807) is 7.11 Å². The van der Waals surface area contributed by atoms with Crippen LogP contribution in [0.15, 0.2) is 23.8 Å². The lowest BCUT2D eigenvalue weighted by Gasteiger charge is -2.24. The Balaban J connectivity index is 2.05. The Morgan fingerprint density at radius 3 is 2.50 bits per heavy atom. The molecule has 0 heterocycles. The number of benzene rings is 2. The molecule has 0 aromatic heterocycles. The van der Waals surface area contributed by atoms with Gasteiger partial charge in [-0.2, -0.15) is 0 Å². The van der Waals surface area contributed by atoms with Gasteiger partial charge in [0.05, 0.1) is 7.11 Å². The van der Waals surface area contributed by atoms with Crippen molar-refractivity contribution in [2.45, 2.75) is 58.8 Å². The third-order valence-electron chi connectivity index (χ3n) is 6.19. The van der Waals surface area contributed by atoms with Crippen LogP contribution >= 0.6 is 0 Å². The van der Waals surface area contributed by atoms with Crippen LogP contribution in [0.5, 0.6) is 5.75 Å². The summed E-state index contributed by atoms with van der Waals surface area (Å²) in [7, 11) is 1.70. The van der Waals surface area contributed by atoms with E-state index in [1.807, 2.05) is 6.07 Å². The van der Waals surface area contributed by atoms with Crippen molar-refractivity contribution < 1.29 is 9.53 Å². The van der Waals surface area contributed by atoms with Crippen molar-refractivity contribution in [3.63, 3.8) is 0 Å². The first-order chi connectivity index (χ1) is 13.2. The lowest BCUT2D eigenvalue weighted by atomic mass is 9.81. The monoisotopic (exact) mass is 374 g/mol. The molecule has 1 amide bonds. The van der Waals surface area contributed by atoms with Crippen LogP contribution in [-0.4, -0.2) is 13.0 Å². The Labute approximate surface area is 167 Å². The Hall–Kier alpha value is -2.55. The molecule has 0 saturated carbocycles. The van der Waals surface area contributed by atoms with Gasteiger partial charge in [-0.1, -0.05) is 51.5 Å². The molecular weight excluding hydrogens is 346 g/mol. The van der Waals surface area contributed by atoms with Crippen molar-refractivity contribution in [1.82, 2.24) is 5.73 Å². The highest BCUT2D eigenvalue weighted by molar-refractivity contribution is 6.02. The molecular formula is C25H28NO2. The summed E-state index contributed by atoms with van der Waals surface area (Å²) in [6.07, 6.45) is 5.99. The van der Waals surface area contributed by atoms with Crippen molar-refractivity contribution in [2.24, 2.45) is 0 Å². The third kappa shape index (κ3) is 2.85. The largest absolute Gasteiger partial charge is 0.496 e. The average molecular weight is 375 g/mol. The van der Waals surface area contributed by atoms with Gasteiger partial charge in [-0.3, -0.25) is 10.5 Å². The molecule has 2 aliphatic rings. The maximum absolute atomic E-state index is 12.3. The van der Waals surface area contributed by atoms with Gasteiger partial charge in [0.15, 0.2) is 0 Å². The third-order valence-corrected chi connectivity index (χ3v) is 6.19. The van der Waals surface area contributed by atoms with Gasteiger partial charge in [0.25, 0.3) is 5.91 Å². The van der Waals surface area contributed by atoms with E-state index in [2.05, 4.69) is 45.9 Å². The molecule has 2 aromatic rings. The van der Waals surface area contributed by atoms with Crippen molar-refractivity contribution in [3.8, 4) is 16.9 Å². The summed E-state index contributed by atoms with van der Waals surface area (Å²) in [4.78, 5) is 12.3. The minimum atomic E-state index is -0.612. The molecule has 4 rings (SSSR count). The van der Waals surface area contributed by atoms with Gasteiger partial charge in [0.1, 0.15) is 5.75 Å². The minimum absolute atomic E-state index is 0.00208. The smallest absolute Gasteiger partial charge is 0.270 e. The zero-order valence-corrected chi connectivity index (χ0v) is 17.5. The summed E-state index contributed by atoms with van der Waals surface area (Å²) >= 11 is 0. The molecule has 0 aliphatic heterocycles. The fraction of sp³-hybridized carbons (Fsp3) is 0.400. The standard InChI is InChI=1S/C25H28NO2/c1-6-14-9-16-11-17(25(2,3)4)13-20(19(16)10-14)22-18-8-7-15(23(18)28-5)12-21(22)24(26)27/h9,11-13,26H,6-8,10H2,1-5H3. The van der Waals surface area contributed by atoms with Gasteiger partial charge in [-0.05, 0) is 65.0 Å². The number of hydrogen-bond donors (Lipinski definition) is 0. The van der Waals surface area contributed by atoms with E-state index < -0.39 is 5.91 Å². The van der Waals surface area contributed by atoms with E-state index in [4.69, 9.17) is 10.5 Å². The zero-order valence-electron chi connectivity index (χ0n) is 17.5. The lowest BCUT2D eigenvalue weighted by molar-refractivity contribution is 0.0992. The SMILES string of the molecule is CCC1=Cc2cc(C(C)(C)C)cc(-c3c(C([NH])=O)cc4c(OC)c3CC4)c2C1. The minimum Gasteiger partial charge on any atom is -0.496 e. The number of amides is 1. The number of rotatable bonds is 4. The first-order valence-electron chi connectivity index (χ1n) is 10.1. The number of carbonyl (C=O) groups excluding carboxylic acids is 1. The summed E-state index contributed by atoms with van der Waals surface area (Å²) in [5, 5.41) is 0. The number of aryl methyl sites for hydroxylation is 1. The Bertz CT molecular complexity index is 1020. The van der Waals surface area contributed by atoms with Crippen LogP contribution < -0.4 is 10.5 Å². The number of carbonyl (C=O) groups is 1. The van der Waals surface area contributed by atoms with Gasteiger partial charge in [0.2, 0.25) is 0 Å². The van der Waals surface area contributed by atoms with Gasteiger partial charge in [-0.15, -0.1) is 0 Å². The highest BCUT2D eigenvalue weighted by Crippen LogP contribution is 2.46. The van der Waals surface area contributed by atoms with Crippen LogP contribution in [0.1, 0.15) is 72.3 Å². The summed E-state index contributed by atoms with van der Waals surface area (Å²) in [5.74, 6) is 0.287. The molecule has 0 unspecified atom stereocenters. The molecule has 2 bridgehead atoms.